The van der Waals surface area contributed by atoms with Gasteiger partial charge in [-0.25, -0.2) is 20.0 Å². The summed E-state index contributed by atoms with van der Waals surface area (Å²) in [7, 11) is 0. The third-order valence-electron chi connectivity index (χ3n) is 15.8. The molecule has 502 valence electrons. The van der Waals surface area contributed by atoms with Gasteiger partial charge in [0.1, 0.15) is 0 Å². The first-order chi connectivity index (χ1) is 50.4. The molecular formula is C91H78N12. The molecule has 0 saturated heterocycles. The number of nitrogens with zero attached hydrogens (tertiary/aromatic N) is 4. The zero-order valence-electron chi connectivity index (χ0n) is 55.9. The lowest BCUT2D eigenvalue weighted by molar-refractivity contribution is 1.48. The van der Waals surface area contributed by atoms with Crippen LogP contribution in [-0.4, -0.2) is 22.8 Å². The number of aliphatic imine (C=N–C) groups is 4. The number of allylic oxidation sites excluding steroid dienone is 8. The highest BCUT2D eigenvalue weighted by atomic mass is 14.9. The van der Waals surface area contributed by atoms with Crippen molar-refractivity contribution in [3.05, 3.63) is 400 Å². The van der Waals surface area contributed by atoms with E-state index >= 15 is 0 Å². The summed E-state index contributed by atoms with van der Waals surface area (Å²) >= 11 is 0. The molecule has 0 radical (unpaired) electrons. The standard InChI is InChI=1S/C30H26N4.2C30H24N4.CH4/c3*1-3-7-23(8-4-1)31-25-11-15-27(16-12-25)33-29-19-21-30(22-20-29)34-28-17-13-26(14-18-28)32-24-9-5-2-6-10-24;/h1-22,31-34H;2*1-22,31-32H;1H4. The highest BCUT2D eigenvalue weighted by Gasteiger charge is 2.07. The Morgan fingerprint density at radius 1 is 0.126 bits per heavy atom. The van der Waals surface area contributed by atoms with Crippen LogP contribution in [0.1, 0.15) is 7.43 Å². The molecule has 0 unspecified atom stereocenters. The first kappa shape index (κ1) is 68.8. The van der Waals surface area contributed by atoms with Crippen LogP contribution in [-0.2, 0) is 0 Å². The predicted octanol–water partition coefficient (Wildman–Crippen LogP) is 25.6. The van der Waals surface area contributed by atoms with Gasteiger partial charge in [0, 0.05) is 91.0 Å². The Morgan fingerprint density at radius 2 is 0.233 bits per heavy atom. The fourth-order valence-corrected chi connectivity index (χ4v) is 10.6. The molecule has 0 bridgehead atoms. The Morgan fingerprint density at radius 3 is 0.359 bits per heavy atom. The first-order valence-corrected chi connectivity index (χ1v) is 33.6. The maximum absolute atomic E-state index is 4.71. The van der Waals surface area contributed by atoms with Crippen LogP contribution >= 0.6 is 0 Å². The SMILES string of the molecule is C.C1=CC(=Nc2ccc(Nc3ccccc3)cc2)C=CC1=Nc1ccc(Nc2ccccc2)cc1.C1=CC(=Nc2ccc(Nc3ccccc3)cc2)C=CC1=Nc1ccc(Nc2ccccc2)cc1.c1ccc(Nc2ccc(Nc3ccc(Nc4ccc(Nc5ccccc5)cc4)cc3)cc2)cc1. The first-order valence-electron chi connectivity index (χ1n) is 33.6. The topological polar surface area (TPSA) is 146 Å². The summed E-state index contributed by atoms with van der Waals surface area (Å²) in [6, 6.07) is 118. The predicted molar refractivity (Wildman–Crippen MR) is 442 cm³/mol. The van der Waals surface area contributed by atoms with Crippen LogP contribution in [0, 0.1) is 0 Å². The normalized spacial score (nSPS) is 11.6. The number of benzene rings is 13. The molecule has 0 aliphatic heterocycles. The second kappa shape index (κ2) is 35.9. The highest BCUT2D eigenvalue weighted by Crippen LogP contribution is 2.29. The van der Waals surface area contributed by atoms with Gasteiger partial charge in [0.15, 0.2) is 0 Å². The summed E-state index contributed by atoms with van der Waals surface area (Å²) < 4.78 is 0. The molecule has 0 aromatic heterocycles. The molecule has 13 aromatic carbocycles. The minimum atomic E-state index is 0. The van der Waals surface area contributed by atoms with Gasteiger partial charge in [-0.05, 0) is 291 Å². The zero-order chi connectivity index (χ0) is 69.0. The van der Waals surface area contributed by atoms with Crippen LogP contribution in [0.4, 0.5) is 114 Å². The van der Waals surface area contributed by atoms with E-state index in [4.69, 9.17) is 20.0 Å². The molecule has 0 amide bonds. The smallest absolute Gasteiger partial charge is 0.0638 e. The van der Waals surface area contributed by atoms with Crippen LogP contribution in [0.2, 0.25) is 0 Å². The summed E-state index contributed by atoms with van der Waals surface area (Å²) in [5.74, 6) is 0. The maximum Gasteiger partial charge on any atom is 0.0638 e. The van der Waals surface area contributed by atoms with Gasteiger partial charge in [-0.3, -0.25) is 0 Å². The van der Waals surface area contributed by atoms with Gasteiger partial charge in [-0.2, -0.15) is 0 Å². The summed E-state index contributed by atoms with van der Waals surface area (Å²) in [4.78, 5) is 18.8. The molecule has 103 heavy (non-hydrogen) atoms. The molecule has 13 aromatic rings. The Hall–Kier alpha value is -14.1. The van der Waals surface area contributed by atoms with Gasteiger partial charge >= 0.3 is 0 Å². The zero-order valence-corrected chi connectivity index (χ0v) is 55.9. The van der Waals surface area contributed by atoms with Crippen LogP contribution in [0.15, 0.2) is 420 Å². The van der Waals surface area contributed by atoms with E-state index in [-0.39, 0.29) is 7.43 Å². The number of nitrogens with one attached hydrogen (secondary N) is 8. The summed E-state index contributed by atoms with van der Waals surface area (Å²) in [5, 5.41) is 27.2. The van der Waals surface area contributed by atoms with Crippen molar-refractivity contribution in [2.24, 2.45) is 20.0 Å². The van der Waals surface area contributed by atoms with Gasteiger partial charge in [0.05, 0.1) is 45.6 Å². The average Bonchev–Trinajstić information content (AvgIpc) is 0.900. The van der Waals surface area contributed by atoms with Crippen molar-refractivity contribution in [3.8, 4) is 0 Å². The fraction of sp³-hybridized carbons (Fsp3) is 0.0110. The molecule has 0 atom stereocenters. The third kappa shape index (κ3) is 21.9. The number of rotatable bonds is 20. The van der Waals surface area contributed by atoms with Crippen molar-refractivity contribution in [1.82, 2.24) is 0 Å². The van der Waals surface area contributed by atoms with Crippen molar-refractivity contribution >= 4 is 137 Å². The van der Waals surface area contributed by atoms with Crippen LogP contribution in [0.3, 0.4) is 0 Å². The van der Waals surface area contributed by atoms with E-state index in [1.165, 1.54) is 0 Å². The van der Waals surface area contributed by atoms with E-state index in [9.17, 15) is 0 Å². The average molecular weight is 1340 g/mol. The van der Waals surface area contributed by atoms with Crippen LogP contribution in [0.5, 0.6) is 0 Å². The van der Waals surface area contributed by atoms with Gasteiger partial charge in [0.25, 0.3) is 0 Å². The molecular weight excluding hydrogens is 1260 g/mol. The molecule has 0 fully saturated rings. The quantitative estimate of drug-likeness (QED) is 0.0352. The summed E-state index contributed by atoms with van der Waals surface area (Å²) in [6.07, 6.45) is 15.9. The number of anilines is 16. The molecule has 2 aliphatic rings. The lowest BCUT2D eigenvalue weighted by Crippen LogP contribution is -1.99. The molecule has 15 rings (SSSR count). The van der Waals surface area contributed by atoms with E-state index in [2.05, 4.69) is 140 Å². The fourth-order valence-electron chi connectivity index (χ4n) is 10.6. The molecule has 0 spiro atoms. The van der Waals surface area contributed by atoms with Crippen molar-refractivity contribution in [2.75, 3.05) is 42.5 Å². The van der Waals surface area contributed by atoms with E-state index in [1.807, 2.05) is 303 Å². The molecule has 12 heteroatoms. The van der Waals surface area contributed by atoms with Gasteiger partial charge in [-0.15, -0.1) is 0 Å². The summed E-state index contributed by atoms with van der Waals surface area (Å²) in [5.41, 5.74) is 24.0. The summed E-state index contributed by atoms with van der Waals surface area (Å²) in [6.45, 7) is 0. The van der Waals surface area contributed by atoms with Crippen molar-refractivity contribution in [1.29, 1.82) is 0 Å². The minimum Gasteiger partial charge on any atom is -0.356 e. The van der Waals surface area contributed by atoms with E-state index < -0.39 is 0 Å². The van der Waals surface area contributed by atoms with Crippen molar-refractivity contribution in [2.45, 2.75) is 7.43 Å². The monoisotopic (exact) mass is 1340 g/mol. The Kier molecular flexibility index (Phi) is 24.0. The second-order valence-corrected chi connectivity index (χ2v) is 23.6. The van der Waals surface area contributed by atoms with E-state index in [0.717, 1.165) is 137 Å². The number of hydrogen-bond donors (Lipinski definition) is 8. The molecule has 2 aliphatic carbocycles. The maximum atomic E-state index is 4.71. The van der Waals surface area contributed by atoms with Crippen molar-refractivity contribution < 1.29 is 0 Å². The number of hydrogen-bond acceptors (Lipinski definition) is 12. The molecule has 0 heterocycles. The lowest BCUT2D eigenvalue weighted by Gasteiger charge is -2.11. The Balaban J connectivity index is 0.000000145. The highest BCUT2D eigenvalue weighted by molar-refractivity contribution is 6.20. The Bertz CT molecular complexity index is 4450. The van der Waals surface area contributed by atoms with Gasteiger partial charge in [-0.1, -0.05) is 117 Å². The largest absolute Gasteiger partial charge is 0.356 e. The van der Waals surface area contributed by atoms with Gasteiger partial charge in [0.2, 0.25) is 0 Å². The lowest BCUT2D eigenvalue weighted by atomic mass is 10.1. The molecule has 0 saturated carbocycles. The van der Waals surface area contributed by atoms with Crippen molar-refractivity contribution in [3.63, 3.8) is 0 Å². The molecule has 12 nitrogen and oxygen atoms in total. The van der Waals surface area contributed by atoms with Gasteiger partial charge < -0.3 is 42.5 Å². The third-order valence-corrected chi connectivity index (χ3v) is 15.8. The Labute approximate surface area is 603 Å². The van der Waals surface area contributed by atoms with E-state index in [1.54, 1.807) is 0 Å². The van der Waals surface area contributed by atoms with Crippen LogP contribution < -0.4 is 42.5 Å². The second-order valence-electron chi connectivity index (χ2n) is 23.6. The number of para-hydroxylation sites is 6. The van der Waals surface area contributed by atoms with Crippen LogP contribution in [0.25, 0.3) is 0 Å². The molecule has 8 N–H and O–H groups in total. The van der Waals surface area contributed by atoms with E-state index in [0.29, 0.717) is 0 Å². The minimum absolute atomic E-state index is 0.